The number of carbonyl (C=O) groups is 2. The number of nitrogens with one attached hydrogen (secondary N) is 2. The lowest BCUT2D eigenvalue weighted by Gasteiger charge is -2.22. The molecule has 0 aliphatic heterocycles. The van der Waals surface area contributed by atoms with Crippen molar-refractivity contribution in [3.63, 3.8) is 0 Å². The highest BCUT2D eigenvalue weighted by atomic mass is 32.2. The van der Waals surface area contributed by atoms with Crippen molar-refractivity contribution in [2.45, 2.75) is 38.6 Å². The molecule has 2 aromatic carbocycles. The lowest BCUT2D eigenvalue weighted by Crippen LogP contribution is -2.47. The molecule has 0 unspecified atom stereocenters. The van der Waals surface area contributed by atoms with Gasteiger partial charge in [-0.1, -0.05) is 45.9 Å². The Kier molecular flexibility index (Phi) is 8.29. The highest BCUT2D eigenvalue weighted by Crippen LogP contribution is 2.20. The van der Waals surface area contributed by atoms with Gasteiger partial charge >= 0.3 is 0 Å². The number of benzene rings is 2. The van der Waals surface area contributed by atoms with E-state index in [1.807, 2.05) is 0 Å². The summed E-state index contributed by atoms with van der Waals surface area (Å²) in [6.07, 6.45) is 0. The Hall–Kier alpha value is -2.78. The van der Waals surface area contributed by atoms with Gasteiger partial charge in [0.15, 0.2) is 0 Å². The molecule has 1 atom stereocenters. The van der Waals surface area contributed by atoms with Crippen molar-refractivity contribution in [2.24, 2.45) is 5.92 Å². The van der Waals surface area contributed by atoms with Gasteiger partial charge in [0.25, 0.3) is 5.91 Å². The molecule has 0 radical (unpaired) electrons. The normalized spacial score (nSPS) is 12.6. The van der Waals surface area contributed by atoms with Crippen molar-refractivity contribution in [2.75, 3.05) is 18.4 Å². The van der Waals surface area contributed by atoms with Gasteiger partial charge in [-0.15, -0.1) is 0 Å². The summed E-state index contributed by atoms with van der Waals surface area (Å²) in [4.78, 5) is 25.3. The number of carbonyl (C=O) groups excluding carboxylic acids is 2. The van der Waals surface area contributed by atoms with Crippen molar-refractivity contribution in [1.29, 1.82) is 0 Å². The molecular weight excluding hydrogens is 421 g/mol. The van der Waals surface area contributed by atoms with E-state index in [-0.39, 0.29) is 22.1 Å². The van der Waals surface area contributed by atoms with E-state index >= 15 is 0 Å². The van der Waals surface area contributed by atoms with Crippen LogP contribution in [0.1, 0.15) is 38.1 Å². The van der Waals surface area contributed by atoms with Crippen molar-refractivity contribution >= 4 is 27.5 Å². The quantitative estimate of drug-likeness (QED) is 0.614. The Balaban J connectivity index is 2.22. The summed E-state index contributed by atoms with van der Waals surface area (Å²) in [7, 11) is -3.69. The van der Waals surface area contributed by atoms with E-state index in [0.29, 0.717) is 13.1 Å². The van der Waals surface area contributed by atoms with Crippen molar-refractivity contribution in [3.8, 4) is 0 Å². The summed E-state index contributed by atoms with van der Waals surface area (Å²) in [6.45, 7) is 7.64. The van der Waals surface area contributed by atoms with E-state index in [2.05, 4.69) is 10.6 Å². The van der Waals surface area contributed by atoms with Crippen LogP contribution in [0.25, 0.3) is 0 Å². The van der Waals surface area contributed by atoms with Gasteiger partial charge in [0, 0.05) is 18.8 Å². The van der Waals surface area contributed by atoms with E-state index in [0.717, 1.165) is 0 Å². The lowest BCUT2D eigenvalue weighted by atomic mass is 10.0. The molecule has 9 heteroatoms. The molecule has 0 aliphatic rings. The van der Waals surface area contributed by atoms with Gasteiger partial charge < -0.3 is 10.6 Å². The van der Waals surface area contributed by atoms with Crippen LogP contribution in [0.4, 0.5) is 10.1 Å². The fourth-order valence-electron chi connectivity index (χ4n) is 3.07. The molecule has 2 aromatic rings. The Morgan fingerprint density at radius 3 is 2.26 bits per heavy atom. The molecule has 0 fully saturated rings. The number of amides is 2. The van der Waals surface area contributed by atoms with Gasteiger partial charge in [-0.2, -0.15) is 4.31 Å². The number of hydrogen-bond acceptors (Lipinski definition) is 4. The average Bonchev–Trinajstić information content (AvgIpc) is 2.72. The van der Waals surface area contributed by atoms with Gasteiger partial charge in [-0.25, -0.2) is 12.8 Å². The molecule has 2 N–H and O–H groups in total. The number of hydrogen-bond donors (Lipinski definition) is 2. The Morgan fingerprint density at radius 2 is 1.68 bits per heavy atom. The molecule has 0 spiro atoms. The van der Waals surface area contributed by atoms with Crippen molar-refractivity contribution in [3.05, 3.63) is 59.9 Å². The van der Waals surface area contributed by atoms with Crippen LogP contribution < -0.4 is 10.6 Å². The van der Waals surface area contributed by atoms with Gasteiger partial charge in [0.05, 0.1) is 10.5 Å². The SMILES string of the molecule is CCN(CC)S(=O)(=O)c1cccc(NC(=O)[C@H](NC(=O)c2ccccc2F)C(C)C)c1. The van der Waals surface area contributed by atoms with Gasteiger partial charge in [-0.3, -0.25) is 9.59 Å². The lowest BCUT2D eigenvalue weighted by molar-refractivity contribution is -0.118. The first-order valence-corrected chi connectivity index (χ1v) is 11.5. The predicted octanol–water partition coefficient (Wildman–Crippen LogP) is 3.25. The minimum atomic E-state index is -3.69. The number of rotatable bonds is 9. The maximum absolute atomic E-state index is 13.9. The summed E-state index contributed by atoms with van der Waals surface area (Å²) in [5, 5.41) is 5.21. The molecule has 2 rings (SSSR count). The molecule has 2 amide bonds. The zero-order valence-electron chi connectivity index (χ0n) is 18.1. The van der Waals surface area contributed by atoms with Crippen LogP contribution in [-0.4, -0.2) is 43.7 Å². The highest BCUT2D eigenvalue weighted by Gasteiger charge is 2.27. The average molecular weight is 450 g/mol. The maximum Gasteiger partial charge on any atom is 0.254 e. The standard InChI is InChI=1S/C22H28FN3O4S/c1-5-26(6-2)31(29,30)17-11-9-10-16(14-17)24-22(28)20(15(3)4)25-21(27)18-12-7-8-13-19(18)23/h7-15,20H,5-6H2,1-4H3,(H,24,28)(H,25,27)/t20-/m1/s1. The summed E-state index contributed by atoms with van der Waals surface area (Å²) >= 11 is 0. The highest BCUT2D eigenvalue weighted by molar-refractivity contribution is 7.89. The first-order valence-electron chi connectivity index (χ1n) is 10.1. The second-order valence-corrected chi connectivity index (χ2v) is 9.22. The van der Waals surface area contributed by atoms with Crippen LogP contribution in [0, 0.1) is 11.7 Å². The van der Waals surface area contributed by atoms with E-state index in [1.165, 1.54) is 46.8 Å². The van der Waals surface area contributed by atoms with Crippen molar-refractivity contribution in [1.82, 2.24) is 9.62 Å². The smallest absolute Gasteiger partial charge is 0.254 e. The number of anilines is 1. The predicted molar refractivity (Wildman–Crippen MR) is 118 cm³/mol. The zero-order chi connectivity index (χ0) is 23.2. The van der Waals surface area contributed by atoms with E-state index in [9.17, 15) is 22.4 Å². The Labute approximate surface area is 182 Å². The molecule has 0 aliphatic carbocycles. The molecule has 0 heterocycles. The molecule has 0 saturated carbocycles. The summed E-state index contributed by atoms with van der Waals surface area (Å²) in [5.74, 6) is -2.21. The number of nitrogens with zero attached hydrogens (tertiary/aromatic N) is 1. The zero-order valence-corrected chi connectivity index (χ0v) is 18.9. The van der Waals surface area contributed by atoms with Crippen LogP contribution in [0.3, 0.4) is 0 Å². The molecule has 7 nitrogen and oxygen atoms in total. The molecular formula is C22H28FN3O4S. The van der Waals surface area contributed by atoms with Crippen LogP contribution in [0.2, 0.25) is 0 Å². The fourth-order valence-corrected chi connectivity index (χ4v) is 4.57. The second-order valence-electron chi connectivity index (χ2n) is 7.28. The monoisotopic (exact) mass is 449 g/mol. The van der Waals surface area contributed by atoms with Crippen molar-refractivity contribution < 1.29 is 22.4 Å². The van der Waals surface area contributed by atoms with Crippen LogP contribution >= 0.6 is 0 Å². The largest absolute Gasteiger partial charge is 0.340 e. The molecule has 31 heavy (non-hydrogen) atoms. The summed E-state index contributed by atoms with van der Waals surface area (Å²) in [5.41, 5.74) is 0.122. The third kappa shape index (κ3) is 5.89. The van der Waals surface area contributed by atoms with Crippen LogP contribution in [-0.2, 0) is 14.8 Å². The fraction of sp³-hybridized carbons (Fsp3) is 0.364. The second kappa shape index (κ2) is 10.5. The molecule has 0 saturated heterocycles. The van der Waals surface area contributed by atoms with E-state index < -0.39 is 33.7 Å². The Bertz CT molecular complexity index is 1040. The minimum Gasteiger partial charge on any atom is -0.340 e. The Morgan fingerprint density at radius 1 is 1.03 bits per heavy atom. The van der Waals surface area contributed by atoms with Crippen LogP contribution in [0.15, 0.2) is 53.4 Å². The van der Waals surface area contributed by atoms with E-state index in [4.69, 9.17) is 0 Å². The number of sulfonamides is 1. The molecule has 0 bridgehead atoms. The third-order valence-electron chi connectivity index (χ3n) is 4.80. The first-order chi connectivity index (χ1) is 14.6. The molecule has 168 valence electrons. The van der Waals surface area contributed by atoms with E-state index in [1.54, 1.807) is 33.8 Å². The summed E-state index contributed by atoms with van der Waals surface area (Å²) < 4.78 is 40.7. The third-order valence-corrected chi connectivity index (χ3v) is 6.84. The van der Waals surface area contributed by atoms with Gasteiger partial charge in [-0.05, 0) is 36.2 Å². The maximum atomic E-state index is 13.9. The van der Waals surface area contributed by atoms with Gasteiger partial charge in [0.1, 0.15) is 11.9 Å². The van der Waals surface area contributed by atoms with Crippen LogP contribution in [0.5, 0.6) is 0 Å². The summed E-state index contributed by atoms with van der Waals surface area (Å²) in [6, 6.07) is 10.5. The topological polar surface area (TPSA) is 95.6 Å². The first kappa shape index (κ1) is 24.5. The minimum absolute atomic E-state index is 0.0606. The van der Waals surface area contributed by atoms with Gasteiger partial charge in [0.2, 0.25) is 15.9 Å². The number of halogens is 1. The molecule has 0 aromatic heterocycles.